The highest BCUT2D eigenvalue weighted by Gasteiger charge is 1.84. The Bertz CT molecular complexity index is 38.7. The van der Waals surface area contributed by atoms with Crippen LogP contribution in [0, 0.1) is 0 Å². The van der Waals surface area contributed by atoms with E-state index >= 15 is 0 Å². The summed E-state index contributed by atoms with van der Waals surface area (Å²) in [5.74, 6) is 0. The van der Waals surface area contributed by atoms with Crippen LogP contribution in [-0.2, 0) is 0 Å². The minimum absolute atomic E-state index is 0.677. The van der Waals surface area contributed by atoms with Crippen LogP contribution in [0.2, 0.25) is 0 Å². The molecule has 0 radical (unpaired) electrons. The van der Waals surface area contributed by atoms with Crippen molar-refractivity contribution in [2.75, 3.05) is 27.2 Å². The quantitative estimate of drug-likeness (QED) is 0.475. The summed E-state index contributed by atoms with van der Waals surface area (Å²) in [4.78, 5) is 0. The number of hydrogen-bond donors (Lipinski definition) is 2. The normalized spacial score (nSPS) is 10.3. The molecule has 0 aliphatic rings. The van der Waals surface area contributed by atoms with Crippen molar-refractivity contribution in [3.8, 4) is 0 Å². The smallest absolute Gasteiger partial charge is 0.0360 e. The largest absolute Gasteiger partial charge is 0.318 e. The van der Waals surface area contributed by atoms with Gasteiger partial charge in [0.15, 0.2) is 0 Å². The van der Waals surface area contributed by atoms with Gasteiger partial charge in [-0.15, -0.1) is 0 Å². The predicted molar refractivity (Wildman–Crippen MR) is 28.3 cm³/mol. The van der Waals surface area contributed by atoms with Gasteiger partial charge >= 0.3 is 0 Å². The van der Waals surface area contributed by atoms with E-state index in [0.29, 0.717) is 6.54 Å². The van der Waals surface area contributed by atoms with Crippen LogP contribution in [0.3, 0.4) is 0 Å². The monoisotopic (exact) mass is 104 g/mol. The van der Waals surface area contributed by atoms with E-state index in [4.69, 9.17) is 5.21 Å². The average molecular weight is 104 g/mol. The van der Waals surface area contributed by atoms with Gasteiger partial charge in [0.25, 0.3) is 0 Å². The minimum Gasteiger partial charge on any atom is -0.318 e. The van der Waals surface area contributed by atoms with E-state index < -0.39 is 0 Å². The Morgan fingerprint density at radius 1 is 1.71 bits per heavy atom. The number of nitrogens with zero attached hydrogens (tertiary/aromatic N) is 1. The Morgan fingerprint density at radius 3 is 2.43 bits per heavy atom. The number of nitrogens with one attached hydrogen (secondary N) is 1. The van der Waals surface area contributed by atoms with Crippen molar-refractivity contribution >= 4 is 0 Å². The van der Waals surface area contributed by atoms with E-state index in [0.717, 1.165) is 11.6 Å². The van der Waals surface area contributed by atoms with Gasteiger partial charge in [0.1, 0.15) is 0 Å². The molecule has 0 heterocycles. The summed E-state index contributed by atoms with van der Waals surface area (Å²) in [6.07, 6.45) is 0. The summed E-state index contributed by atoms with van der Waals surface area (Å²) in [5.41, 5.74) is 0. The molecule has 0 aromatic carbocycles. The molecule has 3 nitrogen and oxygen atoms in total. The van der Waals surface area contributed by atoms with Crippen molar-refractivity contribution in [1.82, 2.24) is 10.4 Å². The zero-order valence-electron chi connectivity index (χ0n) is 4.81. The lowest BCUT2D eigenvalue weighted by Crippen LogP contribution is -2.24. The van der Waals surface area contributed by atoms with Gasteiger partial charge in [0.2, 0.25) is 0 Å². The molecule has 0 saturated carbocycles. The molecule has 0 aliphatic heterocycles. The van der Waals surface area contributed by atoms with Gasteiger partial charge in [0.05, 0.1) is 0 Å². The highest BCUT2D eigenvalue weighted by molar-refractivity contribution is 4.38. The lowest BCUT2D eigenvalue weighted by Gasteiger charge is -2.04. The van der Waals surface area contributed by atoms with Crippen LogP contribution in [0.15, 0.2) is 0 Å². The van der Waals surface area contributed by atoms with Gasteiger partial charge in [-0.05, 0) is 7.05 Å². The molecule has 0 unspecified atom stereocenters. The maximum Gasteiger partial charge on any atom is 0.0360 e. The Kier molecular flexibility index (Phi) is 3.98. The molecule has 0 spiro atoms. The molecular formula is C4H12N2O. The molecule has 3 heteroatoms. The zero-order valence-corrected chi connectivity index (χ0v) is 4.81. The molecule has 0 amide bonds. The fourth-order valence-corrected chi connectivity index (χ4v) is 0.274. The topological polar surface area (TPSA) is 35.5 Å². The van der Waals surface area contributed by atoms with Crippen LogP contribution in [0.25, 0.3) is 0 Å². The third-order valence-corrected chi connectivity index (χ3v) is 0.685. The lowest BCUT2D eigenvalue weighted by atomic mass is 10.6. The first-order valence-corrected chi connectivity index (χ1v) is 2.32. The first-order valence-electron chi connectivity index (χ1n) is 2.32. The summed E-state index contributed by atoms with van der Waals surface area (Å²) < 4.78 is 0. The van der Waals surface area contributed by atoms with Crippen molar-refractivity contribution in [2.45, 2.75) is 0 Å². The van der Waals surface area contributed by atoms with E-state index in [1.807, 2.05) is 7.05 Å². The molecule has 0 aliphatic carbocycles. The highest BCUT2D eigenvalue weighted by Crippen LogP contribution is 1.66. The predicted octanol–water partition coefficient (Wildman–Crippen LogP) is -0.473. The van der Waals surface area contributed by atoms with Gasteiger partial charge in [-0.1, -0.05) is 0 Å². The van der Waals surface area contributed by atoms with E-state index in [9.17, 15) is 0 Å². The second-order valence-corrected chi connectivity index (χ2v) is 1.48. The SMILES string of the molecule is CNCCN(C)O. The molecule has 0 atom stereocenters. The molecule has 0 bridgehead atoms. The highest BCUT2D eigenvalue weighted by atomic mass is 16.5. The number of hydroxylamine groups is 2. The van der Waals surface area contributed by atoms with Crippen LogP contribution in [0.1, 0.15) is 0 Å². The Morgan fingerprint density at radius 2 is 2.29 bits per heavy atom. The second-order valence-electron chi connectivity index (χ2n) is 1.48. The van der Waals surface area contributed by atoms with E-state index in [1.165, 1.54) is 0 Å². The molecule has 0 aromatic heterocycles. The van der Waals surface area contributed by atoms with E-state index in [1.54, 1.807) is 7.05 Å². The van der Waals surface area contributed by atoms with E-state index in [2.05, 4.69) is 5.32 Å². The van der Waals surface area contributed by atoms with Gasteiger partial charge < -0.3 is 10.5 Å². The molecule has 0 fully saturated rings. The van der Waals surface area contributed by atoms with Crippen molar-refractivity contribution in [2.24, 2.45) is 0 Å². The van der Waals surface area contributed by atoms with Crippen molar-refractivity contribution in [3.63, 3.8) is 0 Å². The van der Waals surface area contributed by atoms with Gasteiger partial charge in [-0.3, -0.25) is 0 Å². The van der Waals surface area contributed by atoms with Gasteiger partial charge in [0, 0.05) is 20.1 Å². The average Bonchev–Trinajstić information content (AvgIpc) is 1.61. The summed E-state index contributed by atoms with van der Waals surface area (Å²) in [6, 6.07) is 0. The molecule has 7 heavy (non-hydrogen) atoms. The van der Waals surface area contributed by atoms with Crippen molar-refractivity contribution < 1.29 is 5.21 Å². The van der Waals surface area contributed by atoms with E-state index in [-0.39, 0.29) is 0 Å². The van der Waals surface area contributed by atoms with Crippen LogP contribution in [0.5, 0.6) is 0 Å². The first kappa shape index (κ1) is 6.88. The fraction of sp³-hybridized carbons (Fsp3) is 1.00. The second kappa shape index (κ2) is 4.05. The van der Waals surface area contributed by atoms with Crippen LogP contribution < -0.4 is 5.32 Å². The Labute approximate surface area is 43.9 Å². The fourth-order valence-electron chi connectivity index (χ4n) is 0.274. The van der Waals surface area contributed by atoms with Crippen molar-refractivity contribution in [3.05, 3.63) is 0 Å². The molecule has 0 rings (SSSR count). The molecular weight excluding hydrogens is 92.1 g/mol. The van der Waals surface area contributed by atoms with Crippen molar-refractivity contribution in [1.29, 1.82) is 0 Å². The number of likely N-dealkylation sites (N-methyl/N-ethyl adjacent to an activating group) is 2. The minimum atomic E-state index is 0.677. The number of hydrogen-bond acceptors (Lipinski definition) is 3. The molecule has 0 saturated heterocycles. The third kappa shape index (κ3) is 5.88. The summed E-state index contributed by atoms with van der Waals surface area (Å²) in [5, 5.41) is 12.5. The standard InChI is InChI=1S/C4H12N2O/c1-5-3-4-6(2)7/h5,7H,3-4H2,1-2H3. The maximum absolute atomic E-state index is 8.48. The van der Waals surface area contributed by atoms with Crippen LogP contribution >= 0.6 is 0 Å². The Balaban J connectivity index is 2.68. The lowest BCUT2D eigenvalue weighted by molar-refractivity contribution is -0.0627. The zero-order chi connectivity index (χ0) is 5.70. The summed E-state index contributed by atoms with van der Waals surface area (Å²) >= 11 is 0. The first-order chi connectivity index (χ1) is 3.27. The van der Waals surface area contributed by atoms with Crippen LogP contribution in [0.4, 0.5) is 0 Å². The van der Waals surface area contributed by atoms with Crippen LogP contribution in [-0.4, -0.2) is 37.5 Å². The van der Waals surface area contributed by atoms with Gasteiger partial charge in [-0.25, -0.2) is 0 Å². The molecule has 2 N–H and O–H groups in total. The third-order valence-electron chi connectivity index (χ3n) is 0.685. The summed E-state index contributed by atoms with van der Waals surface area (Å²) in [6.45, 7) is 1.50. The molecule has 0 aromatic rings. The Hall–Kier alpha value is -0.120. The van der Waals surface area contributed by atoms with Gasteiger partial charge in [-0.2, -0.15) is 5.06 Å². The summed E-state index contributed by atoms with van der Waals surface area (Å²) in [7, 11) is 3.47. The maximum atomic E-state index is 8.48. The number of rotatable bonds is 3. The molecule has 44 valence electrons.